The number of aryl methyl sites for hydroxylation is 1. The van der Waals surface area contributed by atoms with Gasteiger partial charge < -0.3 is 20.5 Å². The average Bonchev–Trinajstić information content (AvgIpc) is 3.46. The van der Waals surface area contributed by atoms with Crippen LogP contribution >= 0.6 is 22.7 Å². The van der Waals surface area contributed by atoms with Crippen molar-refractivity contribution in [2.45, 2.75) is 32.9 Å². The van der Waals surface area contributed by atoms with Gasteiger partial charge in [-0.05, 0) is 31.5 Å². The fraction of sp³-hybridized carbons (Fsp3) is 0.333. The number of thiophene rings is 1. The van der Waals surface area contributed by atoms with E-state index in [9.17, 15) is 4.79 Å². The zero-order chi connectivity index (χ0) is 21.2. The Labute approximate surface area is 187 Å². The number of nitrogens with one attached hydrogen (secondary N) is 3. The number of fused-ring (bicyclic) bond motifs is 2. The topological polar surface area (TPSA) is 105 Å². The standard InChI is InChI=1S/C21H22N6O2S2/c1-12-8-13(27-29-12)9-22-7-4-18(28)26-21-19(14-2-5-24-11-17(14)31-21)20-25-15-10-23-6-3-16(15)30-20/h3,6,8,10,22,24H,2,4-5,7,9,11H2,1H3,(H,26,28). The first-order valence-electron chi connectivity index (χ1n) is 10.2. The van der Waals surface area contributed by atoms with E-state index in [1.165, 1.54) is 10.4 Å². The summed E-state index contributed by atoms with van der Waals surface area (Å²) in [5.41, 5.74) is 4.09. The van der Waals surface area contributed by atoms with Crippen LogP contribution in [0, 0.1) is 6.92 Å². The lowest BCUT2D eigenvalue weighted by molar-refractivity contribution is -0.116. The smallest absolute Gasteiger partial charge is 0.226 e. The third kappa shape index (κ3) is 4.38. The van der Waals surface area contributed by atoms with Crippen LogP contribution in [0.15, 0.2) is 29.0 Å². The summed E-state index contributed by atoms with van der Waals surface area (Å²) >= 11 is 3.29. The highest BCUT2D eigenvalue weighted by Crippen LogP contribution is 2.44. The van der Waals surface area contributed by atoms with Gasteiger partial charge in [-0.2, -0.15) is 0 Å². The Balaban J connectivity index is 1.31. The Hall–Kier alpha value is -2.66. The molecule has 1 amide bonds. The number of amides is 1. The molecule has 10 heteroatoms. The van der Waals surface area contributed by atoms with Crippen molar-refractivity contribution in [2.75, 3.05) is 18.4 Å². The van der Waals surface area contributed by atoms with Crippen molar-refractivity contribution in [1.29, 1.82) is 0 Å². The zero-order valence-electron chi connectivity index (χ0n) is 17.0. The number of pyridine rings is 1. The molecule has 4 aromatic rings. The second-order valence-corrected chi connectivity index (χ2v) is 9.54. The van der Waals surface area contributed by atoms with Crippen molar-refractivity contribution in [3.8, 4) is 10.6 Å². The van der Waals surface area contributed by atoms with Crippen molar-refractivity contribution in [1.82, 2.24) is 25.8 Å². The van der Waals surface area contributed by atoms with E-state index in [0.717, 1.165) is 56.8 Å². The maximum atomic E-state index is 12.7. The van der Waals surface area contributed by atoms with Crippen LogP contribution in [0.3, 0.4) is 0 Å². The summed E-state index contributed by atoms with van der Waals surface area (Å²) < 4.78 is 6.16. The van der Waals surface area contributed by atoms with E-state index >= 15 is 0 Å². The van der Waals surface area contributed by atoms with Gasteiger partial charge in [0.2, 0.25) is 5.91 Å². The number of thiazole rings is 1. The molecule has 0 fully saturated rings. The number of rotatable bonds is 7. The first-order chi connectivity index (χ1) is 15.2. The number of anilines is 1. The van der Waals surface area contributed by atoms with Gasteiger partial charge in [0.1, 0.15) is 21.3 Å². The first kappa shape index (κ1) is 20.3. The van der Waals surface area contributed by atoms with Gasteiger partial charge in [-0.3, -0.25) is 9.78 Å². The summed E-state index contributed by atoms with van der Waals surface area (Å²) in [6.07, 6.45) is 4.88. The third-order valence-electron chi connectivity index (χ3n) is 5.10. The molecule has 1 aliphatic rings. The van der Waals surface area contributed by atoms with Gasteiger partial charge in [-0.15, -0.1) is 22.7 Å². The van der Waals surface area contributed by atoms with Crippen LogP contribution in [0.25, 0.3) is 20.8 Å². The lowest BCUT2D eigenvalue weighted by Crippen LogP contribution is -2.22. The average molecular weight is 455 g/mol. The van der Waals surface area contributed by atoms with Crippen molar-refractivity contribution in [3.63, 3.8) is 0 Å². The van der Waals surface area contributed by atoms with Gasteiger partial charge in [0, 0.05) is 48.8 Å². The minimum atomic E-state index is -0.0144. The summed E-state index contributed by atoms with van der Waals surface area (Å²) in [5, 5.41) is 15.6. The van der Waals surface area contributed by atoms with E-state index in [-0.39, 0.29) is 5.91 Å². The minimum Gasteiger partial charge on any atom is -0.361 e. The summed E-state index contributed by atoms with van der Waals surface area (Å²) in [4.78, 5) is 22.9. The van der Waals surface area contributed by atoms with E-state index in [2.05, 4.69) is 26.1 Å². The summed E-state index contributed by atoms with van der Waals surface area (Å²) in [7, 11) is 0. The van der Waals surface area contributed by atoms with Crippen LogP contribution in [0.4, 0.5) is 5.00 Å². The number of carbonyl (C=O) groups is 1. The van der Waals surface area contributed by atoms with Crippen molar-refractivity contribution in [3.05, 3.63) is 46.4 Å². The lowest BCUT2D eigenvalue weighted by atomic mass is 10.0. The number of hydrogen-bond donors (Lipinski definition) is 3. The highest BCUT2D eigenvalue weighted by atomic mass is 32.1. The second kappa shape index (κ2) is 8.83. The molecule has 5 heterocycles. The molecule has 3 N–H and O–H groups in total. The van der Waals surface area contributed by atoms with Crippen LogP contribution < -0.4 is 16.0 Å². The molecule has 0 aromatic carbocycles. The molecule has 5 rings (SSSR count). The van der Waals surface area contributed by atoms with Crippen molar-refractivity contribution >= 4 is 43.8 Å². The fourth-order valence-corrected chi connectivity index (χ4v) is 5.96. The summed E-state index contributed by atoms with van der Waals surface area (Å²) in [5.74, 6) is 0.767. The second-order valence-electron chi connectivity index (χ2n) is 7.40. The van der Waals surface area contributed by atoms with Crippen LogP contribution in [0.5, 0.6) is 0 Å². The molecule has 31 heavy (non-hydrogen) atoms. The maximum Gasteiger partial charge on any atom is 0.226 e. The Kier molecular flexibility index (Phi) is 5.77. The predicted octanol–water partition coefficient (Wildman–Crippen LogP) is 3.48. The van der Waals surface area contributed by atoms with Crippen LogP contribution in [-0.4, -0.2) is 34.1 Å². The summed E-state index contributed by atoms with van der Waals surface area (Å²) in [6.45, 7) is 4.76. The lowest BCUT2D eigenvalue weighted by Gasteiger charge is -2.13. The molecule has 0 saturated heterocycles. The largest absolute Gasteiger partial charge is 0.361 e. The molecule has 4 aromatic heterocycles. The summed E-state index contributed by atoms with van der Waals surface area (Å²) in [6, 6.07) is 3.87. The van der Waals surface area contributed by atoms with Crippen molar-refractivity contribution in [2.24, 2.45) is 0 Å². The van der Waals surface area contributed by atoms with Gasteiger partial charge in [-0.25, -0.2) is 4.98 Å². The molecule has 8 nitrogen and oxygen atoms in total. The quantitative estimate of drug-likeness (QED) is 0.367. The highest BCUT2D eigenvalue weighted by Gasteiger charge is 2.25. The molecule has 0 atom stereocenters. The molecule has 160 valence electrons. The Bertz CT molecular complexity index is 1190. The molecule has 1 aliphatic heterocycles. The van der Waals surface area contributed by atoms with E-state index in [1.807, 2.05) is 19.1 Å². The normalized spacial score (nSPS) is 13.5. The molecular formula is C21H22N6O2S2. The minimum absolute atomic E-state index is 0.0144. The molecule has 0 radical (unpaired) electrons. The molecule has 0 bridgehead atoms. The zero-order valence-corrected chi connectivity index (χ0v) is 18.7. The SMILES string of the molecule is Cc1cc(CNCCC(=O)Nc2sc3c(c2-c2nc4cnccc4s2)CCNC3)no1. The Morgan fingerprint density at radius 2 is 2.29 bits per heavy atom. The van der Waals surface area contributed by atoms with Crippen LogP contribution in [0.2, 0.25) is 0 Å². The van der Waals surface area contributed by atoms with Gasteiger partial charge in [0.05, 0.1) is 16.6 Å². The Morgan fingerprint density at radius 1 is 1.35 bits per heavy atom. The maximum absolute atomic E-state index is 12.7. The molecule has 0 aliphatic carbocycles. The van der Waals surface area contributed by atoms with E-state index in [0.29, 0.717) is 19.5 Å². The molecule has 0 unspecified atom stereocenters. The van der Waals surface area contributed by atoms with E-state index in [4.69, 9.17) is 9.51 Å². The monoisotopic (exact) mass is 454 g/mol. The number of hydrogen-bond acceptors (Lipinski definition) is 9. The third-order valence-corrected chi connectivity index (χ3v) is 7.30. The predicted molar refractivity (Wildman–Crippen MR) is 122 cm³/mol. The van der Waals surface area contributed by atoms with E-state index < -0.39 is 0 Å². The van der Waals surface area contributed by atoms with Gasteiger partial charge >= 0.3 is 0 Å². The van der Waals surface area contributed by atoms with Gasteiger partial charge in [0.25, 0.3) is 0 Å². The van der Waals surface area contributed by atoms with Crippen LogP contribution in [-0.2, 0) is 24.3 Å². The number of aromatic nitrogens is 3. The Morgan fingerprint density at radius 3 is 3.13 bits per heavy atom. The van der Waals surface area contributed by atoms with Gasteiger partial charge in [-0.1, -0.05) is 5.16 Å². The van der Waals surface area contributed by atoms with Gasteiger partial charge in [0.15, 0.2) is 0 Å². The highest BCUT2D eigenvalue weighted by molar-refractivity contribution is 7.22. The molecular weight excluding hydrogens is 432 g/mol. The fourth-order valence-electron chi connectivity index (χ4n) is 3.64. The number of carbonyl (C=O) groups excluding carboxylic acids is 1. The number of nitrogens with zero attached hydrogens (tertiary/aromatic N) is 3. The van der Waals surface area contributed by atoms with E-state index in [1.54, 1.807) is 35.1 Å². The van der Waals surface area contributed by atoms with Crippen molar-refractivity contribution < 1.29 is 9.32 Å². The van der Waals surface area contributed by atoms with Crippen LogP contribution in [0.1, 0.15) is 28.3 Å². The molecule has 0 saturated carbocycles. The molecule has 0 spiro atoms. The first-order valence-corrected chi connectivity index (χ1v) is 11.8.